The lowest BCUT2D eigenvalue weighted by atomic mass is 10.1. The van der Waals surface area contributed by atoms with Crippen molar-refractivity contribution in [3.8, 4) is 12.3 Å². The molecule has 0 radical (unpaired) electrons. The molecule has 0 aliphatic heterocycles. The van der Waals surface area contributed by atoms with E-state index >= 15 is 0 Å². The third-order valence-corrected chi connectivity index (χ3v) is 2.08. The number of nitrogens with one attached hydrogen (secondary N) is 1. The summed E-state index contributed by atoms with van der Waals surface area (Å²) < 4.78 is 4.72. The number of ether oxygens (including phenoxy) is 1. The highest BCUT2D eigenvalue weighted by Gasteiger charge is 2.11. The van der Waals surface area contributed by atoms with Crippen LogP contribution in [0.25, 0.3) is 0 Å². The second kappa shape index (κ2) is 8.78. The van der Waals surface area contributed by atoms with Gasteiger partial charge < -0.3 is 10.1 Å². The van der Waals surface area contributed by atoms with Crippen LogP contribution < -0.4 is 5.32 Å². The zero-order valence-corrected chi connectivity index (χ0v) is 9.91. The fourth-order valence-corrected chi connectivity index (χ4v) is 1.19. The molecule has 1 unspecified atom stereocenters. The first-order valence-corrected chi connectivity index (χ1v) is 5.52. The summed E-state index contributed by atoms with van der Waals surface area (Å²) in [6.45, 7) is 4.03. The second-order valence-corrected chi connectivity index (χ2v) is 3.39. The van der Waals surface area contributed by atoms with E-state index in [9.17, 15) is 9.59 Å². The van der Waals surface area contributed by atoms with Gasteiger partial charge >= 0.3 is 5.97 Å². The van der Waals surface area contributed by atoms with E-state index in [0.29, 0.717) is 13.0 Å². The Balaban J connectivity index is 3.81. The van der Waals surface area contributed by atoms with E-state index in [-0.39, 0.29) is 30.8 Å². The molecule has 90 valence electrons. The van der Waals surface area contributed by atoms with Gasteiger partial charge in [-0.25, -0.2) is 0 Å². The van der Waals surface area contributed by atoms with Gasteiger partial charge in [-0.05, 0) is 13.3 Å². The van der Waals surface area contributed by atoms with Crippen LogP contribution in [0.1, 0.15) is 39.5 Å². The highest BCUT2D eigenvalue weighted by Crippen LogP contribution is 1.99. The molecular weight excluding hydrogens is 206 g/mol. The second-order valence-electron chi connectivity index (χ2n) is 3.39. The maximum absolute atomic E-state index is 11.4. The Morgan fingerprint density at radius 2 is 2.06 bits per heavy atom. The van der Waals surface area contributed by atoms with Gasteiger partial charge in [-0.3, -0.25) is 9.59 Å². The molecule has 0 saturated carbocycles. The van der Waals surface area contributed by atoms with E-state index < -0.39 is 0 Å². The molecule has 0 rings (SSSR count). The zero-order valence-electron chi connectivity index (χ0n) is 9.91. The molecule has 1 amide bonds. The van der Waals surface area contributed by atoms with Gasteiger partial charge in [-0.15, -0.1) is 12.3 Å². The molecule has 0 spiro atoms. The first kappa shape index (κ1) is 14.5. The molecule has 0 bridgehead atoms. The summed E-state index contributed by atoms with van der Waals surface area (Å²) in [5.41, 5.74) is 0. The number of terminal acetylenes is 1. The predicted molar refractivity (Wildman–Crippen MR) is 61.5 cm³/mol. The van der Waals surface area contributed by atoms with Crippen LogP contribution in [0.3, 0.4) is 0 Å². The monoisotopic (exact) mass is 225 g/mol. The molecular formula is C12H19NO3. The lowest BCUT2D eigenvalue weighted by Gasteiger charge is -2.13. The maximum Gasteiger partial charge on any atom is 0.306 e. The average molecular weight is 225 g/mol. The first-order valence-electron chi connectivity index (χ1n) is 5.52. The predicted octanol–water partition coefficient (Wildman–Crippen LogP) is 1.25. The van der Waals surface area contributed by atoms with Crippen LogP contribution in [0.4, 0.5) is 0 Å². The van der Waals surface area contributed by atoms with E-state index in [1.54, 1.807) is 6.92 Å². The summed E-state index contributed by atoms with van der Waals surface area (Å²) in [6, 6.07) is -0.000282. The maximum atomic E-state index is 11.4. The van der Waals surface area contributed by atoms with Crippen LogP contribution in [0.5, 0.6) is 0 Å². The van der Waals surface area contributed by atoms with Gasteiger partial charge in [-0.1, -0.05) is 6.92 Å². The summed E-state index contributed by atoms with van der Waals surface area (Å²) >= 11 is 0. The minimum absolute atomic E-state index is 0.000282. The van der Waals surface area contributed by atoms with Crippen LogP contribution in [0.15, 0.2) is 0 Å². The fourth-order valence-electron chi connectivity index (χ4n) is 1.19. The minimum atomic E-state index is -0.345. The Bertz CT molecular complexity index is 268. The van der Waals surface area contributed by atoms with Crippen molar-refractivity contribution in [1.82, 2.24) is 5.32 Å². The lowest BCUT2D eigenvalue weighted by molar-refractivity contribution is -0.144. The topological polar surface area (TPSA) is 55.4 Å². The van der Waals surface area contributed by atoms with Crippen LogP contribution in [-0.4, -0.2) is 24.5 Å². The molecule has 0 aliphatic carbocycles. The molecule has 0 heterocycles. The molecule has 0 fully saturated rings. The summed E-state index contributed by atoms with van der Waals surface area (Å²) in [6.07, 6.45) is 6.74. The largest absolute Gasteiger partial charge is 0.466 e. The Morgan fingerprint density at radius 3 is 2.56 bits per heavy atom. The number of hydrogen-bond acceptors (Lipinski definition) is 3. The number of esters is 1. The van der Waals surface area contributed by atoms with E-state index in [1.165, 1.54) is 0 Å². The van der Waals surface area contributed by atoms with Crippen LogP contribution in [0, 0.1) is 12.3 Å². The Labute approximate surface area is 96.7 Å². The highest BCUT2D eigenvalue weighted by atomic mass is 16.5. The van der Waals surface area contributed by atoms with Gasteiger partial charge in [-0.2, -0.15) is 0 Å². The van der Waals surface area contributed by atoms with Crippen molar-refractivity contribution in [3.05, 3.63) is 0 Å². The molecule has 1 atom stereocenters. The Morgan fingerprint density at radius 1 is 1.38 bits per heavy atom. The standard InChI is InChI=1S/C12H19NO3/c1-4-7-10(5-2)13-11(14)8-9-12(15)16-6-3/h1,10H,5-9H2,2-3H3,(H,13,14). The normalized spacial score (nSPS) is 11.3. The molecule has 0 aliphatic rings. The molecule has 4 heteroatoms. The lowest BCUT2D eigenvalue weighted by Crippen LogP contribution is -2.34. The van der Waals surface area contributed by atoms with Crippen LogP contribution in [0.2, 0.25) is 0 Å². The van der Waals surface area contributed by atoms with Crippen molar-refractivity contribution in [1.29, 1.82) is 0 Å². The highest BCUT2D eigenvalue weighted by molar-refractivity contribution is 5.81. The number of rotatable bonds is 7. The van der Waals surface area contributed by atoms with Gasteiger partial charge in [0.15, 0.2) is 0 Å². The van der Waals surface area contributed by atoms with Crippen molar-refractivity contribution >= 4 is 11.9 Å². The average Bonchev–Trinajstić information content (AvgIpc) is 2.26. The Hall–Kier alpha value is -1.50. The van der Waals surface area contributed by atoms with Gasteiger partial charge in [0, 0.05) is 18.9 Å². The number of carbonyl (C=O) groups is 2. The van der Waals surface area contributed by atoms with Crippen molar-refractivity contribution in [2.75, 3.05) is 6.61 Å². The summed E-state index contributed by atoms with van der Waals surface area (Å²) in [5.74, 6) is 2.00. The third-order valence-electron chi connectivity index (χ3n) is 2.08. The van der Waals surface area contributed by atoms with Gasteiger partial charge in [0.05, 0.1) is 13.0 Å². The van der Waals surface area contributed by atoms with Crippen molar-refractivity contribution in [3.63, 3.8) is 0 Å². The number of hydrogen-bond donors (Lipinski definition) is 1. The minimum Gasteiger partial charge on any atom is -0.466 e. The van der Waals surface area contributed by atoms with E-state index in [0.717, 1.165) is 6.42 Å². The van der Waals surface area contributed by atoms with Crippen molar-refractivity contribution < 1.29 is 14.3 Å². The van der Waals surface area contributed by atoms with E-state index in [2.05, 4.69) is 11.2 Å². The van der Waals surface area contributed by atoms with E-state index in [1.807, 2.05) is 6.92 Å². The summed E-state index contributed by atoms with van der Waals surface area (Å²) in [5, 5.41) is 2.78. The molecule has 4 nitrogen and oxygen atoms in total. The summed E-state index contributed by atoms with van der Waals surface area (Å²) in [4.78, 5) is 22.4. The molecule has 0 aromatic rings. The van der Waals surface area contributed by atoms with Crippen molar-refractivity contribution in [2.24, 2.45) is 0 Å². The fraction of sp³-hybridized carbons (Fsp3) is 0.667. The van der Waals surface area contributed by atoms with Crippen LogP contribution >= 0.6 is 0 Å². The summed E-state index contributed by atoms with van der Waals surface area (Å²) in [7, 11) is 0. The third kappa shape index (κ3) is 6.88. The quantitative estimate of drug-likeness (QED) is 0.524. The molecule has 0 saturated heterocycles. The van der Waals surface area contributed by atoms with Gasteiger partial charge in [0.1, 0.15) is 0 Å². The van der Waals surface area contributed by atoms with Crippen molar-refractivity contribution in [2.45, 2.75) is 45.6 Å². The SMILES string of the molecule is C#CCC(CC)NC(=O)CCC(=O)OCC. The van der Waals surface area contributed by atoms with E-state index in [4.69, 9.17) is 11.2 Å². The number of carbonyl (C=O) groups excluding carboxylic acids is 2. The molecule has 1 N–H and O–H groups in total. The molecule has 0 aromatic heterocycles. The molecule has 16 heavy (non-hydrogen) atoms. The van der Waals surface area contributed by atoms with Crippen LogP contribution in [-0.2, 0) is 14.3 Å². The Kier molecular flexibility index (Phi) is 7.96. The zero-order chi connectivity index (χ0) is 12.4. The first-order chi connectivity index (χ1) is 7.63. The van der Waals surface area contributed by atoms with Gasteiger partial charge in [0.2, 0.25) is 5.91 Å². The van der Waals surface area contributed by atoms with Gasteiger partial charge in [0.25, 0.3) is 0 Å². The smallest absolute Gasteiger partial charge is 0.306 e. The number of amides is 1. The molecule has 0 aromatic carbocycles.